The van der Waals surface area contributed by atoms with E-state index < -0.39 is 10.8 Å². The number of benzene rings is 2. The molecule has 3 aromatic rings. The molecule has 1 heterocycles. The summed E-state index contributed by atoms with van der Waals surface area (Å²) < 4.78 is 15.6. The Morgan fingerprint density at radius 1 is 1.17 bits per heavy atom. The molecule has 0 saturated carbocycles. The molecule has 0 saturated heterocycles. The van der Waals surface area contributed by atoms with Crippen molar-refractivity contribution in [3.05, 3.63) is 63.5 Å². The molecule has 0 aliphatic carbocycles. The highest BCUT2D eigenvalue weighted by Gasteiger charge is 2.16. The zero-order chi connectivity index (χ0) is 21.0. The van der Waals surface area contributed by atoms with Gasteiger partial charge in [0.05, 0.1) is 25.7 Å². The predicted octanol–water partition coefficient (Wildman–Crippen LogP) is 2.90. The van der Waals surface area contributed by atoms with Crippen molar-refractivity contribution in [3.8, 4) is 22.9 Å². The molecule has 0 aliphatic rings. The van der Waals surface area contributed by atoms with Crippen LogP contribution in [0.25, 0.3) is 11.4 Å². The van der Waals surface area contributed by atoms with Crippen molar-refractivity contribution in [3.63, 3.8) is 0 Å². The van der Waals surface area contributed by atoms with Crippen LogP contribution in [0.3, 0.4) is 0 Å². The van der Waals surface area contributed by atoms with Gasteiger partial charge in [0.15, 0.2) is 11.5 Å². The van der Waals surface area contributed by atoms with E-state index in [0.29, 0.717) is 34.0 Å². The molecule has 0 bridgehead atoms. The lowest BCUT2D eigenvalue weighted by molar-refractivity contribution is -0.385. The highest BCUT2D eigenvalue weighted by Crippen LogP contribution is 2.31. The Kier molecular flexibility index (Phi) is 5.72. The number of nitrogens with zero attached hydrogens (tertiary/aromatic N) is 3. The summed E-state index contributed by atoms with van der Waals surface area (Å²) in [5.41, 5.74) is 1.32. The summed E-state index contributed by atoms with van der Waals surface area (Å²) in [7, 11) is 3.07. The molecule has 0 fully saturated rings. The normalized spacial score (nSPS) is 10.4. The summed E-state index contributed by atoms with van der Waals surface area (Å²) >= 11 is 0. The third-order valence-electron chi connectivity index (χ3n) is 4.17. The number of ether oxygens (including phenoxy) is 2. The third kappa shape index (κ3) is 4.32. The Hall–Kier alpha value is -3.95. The van der Waals surface area contributed by atoms with Gasteiger partial charge in [-0.15, -0.1) is 0 Å². The van der Waals surface area contributed by atoms with Gasteiger partial charge in [0.1, 0.15) is 0 Å². The number of aromatic nitrogens is 2. The average molecular weight is 398 g/mol. The summed E-state index contributed by atoms with van der Waals surface area (Å²) in [4.78, 5) is 26.9. The Morgan fingerprint density at radius 3 is 2.59 bits per heavy atom. The number of hydrogen-bond acceptors (Lipinski definition) is 8. The molecule has 29 heavy (non-hydrogen) atoms. The number of nitrogens with one attached hydrogen (secondary N) is 1. The van der Waals surface area contributed by atoms with E-state index in [1.165, 1.54) is 25.3 Å². The second kappa shape index (κ2) is 8.38. The Labute approximate surface area is 165 Å². The van der Waals surface area contributed by atoms with Gasteiger partial charge >= 0.3 is 0 Å². The first-order chi connectivity index (χ1) is 13.9. The van der Waals surface area contributed by atoms with E-state index in [0.717, 1.165) is 0 Å². The standard InChI is InChI=1S/C19H18N4O6/c1-11-8-13(4-6-14(11)23(25)26)19(24)20-10-17-21-18(22-29-17)12-5-7-15(27-2)16(9-12)28-3/h4-9H,10H2,1-3H3,(H,20,24). The summed E-state index contributed by atoms with van der Waals surface area (Å²) in [5, 5.41) is 17.4. The molecule has 0 radical (unpaired) electrons. The smallest absolute Gasteiger partial charge is 0.272 e. The van der Waals surface area contributed by atoms with E-state index in [4.69, 9.17) is 14.0 Å². The molecule has 150 valence electrons. The largest absolute Gasteiger partial charge is 0.493 e. The second-order valence-electron chi connectivity index (χ2n) is 6.02. The van der Waals surface area contributed by atoms with Crippen LogP contribution in [0.1, 0.15) is 21.8 Å². The van der Waals surface area contributed by atoms with Crippen molar-refractivity contribution in [2.75, 3.05) is 14.2 Å². The van der Waals surface area contributed by atoms with Crippen molar-refractivity contribution in [2.24, 2.45) is 0 Å². The minimum absolute atomic E-state index is 0.00909. The molecule has 0 atom stereocenters. The molecule has 2 aromatic carbocycles. The maximum absolute atomic E-state index is 12.3. The molecule has 1 N–H and O–H groups in total. The number of amides is 1. The fraction of sp³-hybridized carbons (Fsp3) is 0.211. The van der Waals surface area contributed by atoms with Crippen LogP contribution >= 0.6 is 0 Å². The lowest BCUT2D eigenvalue weighted by atomic mass is 10.1. The molecule has 10 nitrogen and oxygen atoms in total. The highest BCUT2D eigenvalue weighted by atomic mass is 16.6. The lowest BCUT2D eigenvalue weighted by Gasteiger charge is -2.07. The summed E-state index contributed by atoms with van der Waals surface area (Å²) in [6, 6.07) is 9.34. The minimum Gasteiger partial charge on any atom is -0.493 e. The predicted molar refractivity (Wildman–Crippen MR) is 102 cm³/mol. The first kappa shape index (κ1) is 19.8. The van der Waals surface area contributed by atoms with Gasteiger partial charge in [0.2, 0.25) is 11.7 Å². The van der Waals surface area contributed by atoms with Gasteiger partial charge in [-0.3, -0.25) is 14.9 Å². The molecule has 1 amide bonds. The molecule has 0 spiro atoms. The van der Waals surface area contributed by atoms with Crippen LogP contribution in [0, 0.1) is 17.0 Å². The van der Waals surface area contributed by atoms with Crippen molar-refractivity contribution >= 4 is 11.6 Å². The van der Waals surface area contributed by atoms with Crippen molar-refractivity contribution in [1.29, 1.82) is 0 Å². The molecular formula is C19H18N4O6. The van der Waals surface area contributed by atoms with E-state index >= 15 is 0 Å². The van der Waals surface area contributed by atoms with E-state index in [9.17, 15) is 14.9 Å². The Morgan fingerprint density at radius 2 is 1.93 bits per heavy atom. The topological polar surface area (TPSA) is 130 Å². The number of aryl methyl sites for hydroxylation is 1. The highest BCUT2D eigenvalue weighted by molar-refractivity contribution is 5.94. The van der Waals surface area contributed by atoms with Gasteiger partial charge in [0, 0.05) is 22.8 Å². The first-order valence-corrected chi connectivity index (χ1v) is 8.51. The first-order valence-electron chi connectivity index (χ1n) is 8.51. The Balaban J connectivity index is 1.68. The Bertz CT molecular complexity index is 1060. The quantitative estimate of drug-likeness (QED) is 0.475. The van der Waals surface area contributed by atoms with E-state index in [2.05, 4.69) is 15.5 Å². The SMILES string of the molecule is COc1ccc(-c2noc(CNC(=O)c3ccc([N+](=O)[O-])c(C)c3)n2)cc1OC. The number of carbonyl (C=O) groups is 1. The molecule has 10 heteroatoms. The van der Waals surface area contributed by atoms with E-state index in [1.807, 2.05) is 0 Å². The van der Waals surface area contributed by atoms with Gasteiger partial charge in [0.25, 0.3) is 11.6 Å². The van der Waals surface area contributed by atoms with Crippen LogP contribution in [0.5, 0.6) is 11.5 Å². The lowest BCUT2D eigenvalue weighted by Crippen LogP contribution is -2.23. The van der Waals surface area contributed by atoms with Gasteiger partial charge in [-0.2, -0.15) is 4.98 Å². The van der Waals surface area contributed by atoms with Crippen LogP contribution in [-0.4, -0.2) is 35.2 Å². The van der Waals surface area contributed by atoms with Gasteiger partial charge in [-0.25, -0.2) is 0 Å². The number of carbonyl (C=O) groups excluding carboxylic acids is 1. The maximum Gasteiger partial charge on any atom is 0.272 e. The number of rotatable bonds is 7. The number of hydrogen-bond donors (Lipinski definition) is 1. The monoisotopic (exact) mass is 398 g/mol. The van der Waals surface area contributed by atoms with Crippen LogP contribution in [0.4, 0.5) is 5.69 Å². The maximum atomic E-state index is 12.3. The van der Waals surface area contributed by atoms with Crippen LogP contribution in [0.2, 0.25) is 0 Å². The van der Waals surface area contributed by atoms with Crippen LogP contribution < -0.4 is 14.8 Å². The van der Waals surface area contributed by atoms with E-state index in [1.54, 1.807) is 32.2 Å². The zero-order valence-corrected chi connectivity index (χ0v) is 16.0. The fourth-order valence-electron chi connectivity index (χ4n) is 2.68. The average Bonchev–Trinajstić information content (AvgIpc) is 3.20. The zero-order valence-electron chi connectivity index (χ0n) is 16.0. The third-order valence-corrected chi connectivity index (χ3v) is 4.17. The summed E-state index contributed by atoms with van der Waals surface area (Å²) in [5.74, 6) is 1.24. The van der Waals surface area contributed by atoms with Crippen molar-refractivity contribution in [1.82, 2.24) is 15.5 Å². The van der Waals surface area contributed by atoms with Crippen molar-refractivity contribution in [2.45, 2.75) is 13.5 Å². The van der Waals surface area contributed by atoms with Gasteiger partial charge in [-0.1, -0.05) is 5.16 Å². The van der Waals surface area contributed by atoms with Crippen molar-refractivity contribution < 1.29 is 23.7 Å². The molecule has 3 rings (SSSR count). The fourth-order valence-corrected chi connectivity index (χ4v) is 2.68. The molecule has 0 aliphatic heterocycles. The summed E-state index contributed by atoms with van der Waals surface area (Å²) in [6.45, 7) is 1.58. The molecule has 0 unspecified atom stereocenters. The second-order valence-corrected chi connectivity index (χ2v) is 6.02. The van der Waals surface area contributed by atoms with Crippen LogP contribution in [-0.2, 0) is 6.54 Å². The number of nitro groups is 1. The van der Waals surface area contributed by atoms with E-state index in [-0.39, 0.29) is 18.1 Å². The van der Waals surface area contributed by atoms with Crippen LogP contribution in [0.15, 0.2) is 40.9 Å². The molecular weight excluding hydrogens is 380 g/mol. The summed E-state index contributed by atoms with van der Waals surface area (Å²) in [6.07, 6.45) is 0. The number of methoxy groups -OCH3 is 2. The van der Waals surface area contributed by atoms with Gasteiger partial charge in [-0.05, 0) is 37.3 Å². The number of nitro benzene ring substituents is 1. The minimum atomic E-state index is -0.495. The molecule has 1 aromatic heterocycles. The van der Waals surface area contributed by atoms with Gasteiger partial charge < -0.3 is 19.3 Å².